The first-order chi connectivity index (χ1) is 11.5. The molecule has 0 radical (unpaired) electrons. The van der Waals surface area contributed by atoms with Crippen molar-refractivity contribution in [3.8, 4) is 0 Å². The van der Waals surface area contributed by atoms with E-state index in [1.165, 1.54) is 16.7 Å². The summed E-state index contributed by atoms with van der Waals surface area (Å²) >= 11 is 4.66. The number of aliphatic hydroxyl groups excluding tert-OH is 1. The first kappa shape index (κ1) is 17.8. The van der Waals surface area contributed by atoms with E-state index in [0.717, 1.165) is 33.3 Å². The summed E-state index contributed by atoms with van der Waals surface area (Å²) in [4.78, 5) is 29.3. The van der Waals surface area contributed by atoms with Crippen LogP contribution in [-0.2, 0) is 22.4 Å². The predicted octanol–water partition coefficient (Wildman–Crippen LogP) is 1.97. The number of aryl methyl sites for hydroxylation is 2. The zero-order chi connectivity index (χ0) is 17.4. The number of carboxylic acids is 1. The van der Waals surface area contributed by atoms with Crippen LogP contribution >= 0.6 is 34.9 Å². The highest BCUT2D eigenvalue weighted by molar-refractivity contribution is 8.02. The standard InChI is InChI=1S/C15H18N2O4S3/c1-3-8-15(24-9(4-2)16-8)23-6-7-5-22-13-11(18)12(19)17(13)10(7)14(20)21/h11,13,18H,3-6H2,1-2H3,(H,20,21)/t11-,13-/m1/s1. The molecule has 2 atom stereocenters. The smallest absolute Gasteiger partial charge is 0.352 e. The Hall–Kier alpha value is -1.03. The second-order valence-corrected chi connectivity index (χ2v) is 8.88. The van der Waals surface area contributed by atoms with E-state index in [9.17, 15) is 19.8 Å². The fourth-order valence-corrected chi connectivity index (χ4v) is 6.49. The molecule has 1 saturated heterocycles. The Balaban J connectivity index is 1.81. The number of aliphatic carboxylic acids is 1. The molecule has 0 saturated carbocycles. The molecule has 3 heterocycles. The Bertz CT molecular complexity index is 716. The quantitative estimate of drug-likeness (QED) is 0.570. The van der Waals surface area contributed by atoms with Crippen LogP contribution in [0.15, 0.2) is 15.5 Å². The van der Waals surface area contributed by atoms with Crippen molar-refractivity contribution in [1.29, 1.82) is 0 Å². The summed E-state index contributed by atoms with van der Waals surface area (Å²) in [7, 11) is 0. The minimum Gasteiger partial charge on any atom is -0.477 e. The summed E-state index contributed by atoms with van der Waals surface area (Å²) in [5.41, 5.74) is 1.82. The van der Waals surface area contributed by atoms with Gasteiger partial charge in [0.25, 0.3) is 5.91 Å². The second-order valence-electron chi connectivity index (χ2n) is 5.45. The van der Waals surface area contributed by atoms with Crippen molar-refractivity contribution in [2.75, 3.05) is 11.5 Å². The Labute approximate surface area is 152 Å². The number of fused-ring (bicyclic) bond motifs is 1. The zero-order valence-corrected chi connectivity index (χ0v) is 15.8. The van der Waals surface area contributed by atoms with Crippen LogP contribution in [-0.4, -0.2) is 55.0 Å². The highest BCUT2D eigenvalue weighted by Crippen LogP contribution is 2.42. The van der Waals surface area contributed by atoms with Gasteiger partial charge in [0.2, 0.25) is 0 Å². The Morgan fingerprint density at radius 1 is 1.42 bits per heavy atom. The molecule has 2 N–H and O–H groups in total. The van der Waals surface area contributed by atoms with Gasteiger partial charge in [0.1, 0.15) is 11.1 Å². The lowest BCUT2D eigenvalue weighted by atomic mass is 10.1. The van der Waals surface area contributed by atoms with E-state index in [2.05, 4.69) is 18.8 Å². The number of hydrogen-bond acceptors (Lipinski definition) is 7. The first-order valence-electron chi connectivity index (χ1n) is 7.67. The van der Waals surface area contributed by atoms with Crippen LogP contribution in [0, 0.1) is 0 Å². The maximum absolute atomic E-state index is 11.8. The molecule has 1 aromatic rings. The van der Waals surface area contributed by atoms with Gasteiger partial charge in [0, 0.05) is 11.5 Å². The van der Waals surface area contributed by atoms with Gasteiger partial charge >= 0.3 is 5.97 Å². The molecule has 0 spiro atoms. The van der Waals surface area contributed by atoms with Crippen molar-refractivity contribution < 1.29 is 19.8 Å². The number of hydrogen-bond donors (Lipinski definition) is 2. The summed E-state index contributed by atoms with van der Waals surface area (Å²) in [5.74, 6) is -0.599. The lowest BCUT2D eigenvalue weighted by Crippen LogP contribution is -2.64. The van der Waals surface area contributed by atoms with Crippen LogP contribution in [0.25, 0.3) is 0 Å². The number of thioether (sulfide) groups is 2. The van der Waals surface area contributed by atoms with E-state index >= 15 is 0 Å². The SMILES string of the molecule is CCc1nc(CC)c(SCC2=C(C(=O)O)N3C(=O)[C@@H](O)[C@H]3SC2)s1. The fourth-order valence-electron chi connectivity index (χ4n) is 2.67. The van der Waals surface area contributed by atoms with E-state index in [-0.39, 0.29) is 5.70 Å². The molecule has 0 bridgehead atoms. The number of thiazole rings is 1. The molecule has 130 valence electrons. The highest BCUT2D eigenvalue weighted by atomic mass is 32.2. The van der Waals surface area contributed by atoms with E-state index in [1.807, 2.05) is 0 Å². The summed E-state index contributed by atoms with van der Waals surface area (Å²) < 4.78 is 1.12. The monoisotopic (exact) mass is 386 g/mol. The minimum absolute atomic E-state index is 0.0415. The van der Waals surface area contributed by atoms with Crippen LogP contribution in [0.5, 0.6) is 0 Å². The number of nitrogens with zero attached hydrogens (tertiary/aromatic N) is 2. The van der Waals surface area contributed by atoms with Crippen LogP contribution in [0.3, 0.4) is 0 Å². The second kappa shape index (κ2) is 7.07. The topological polar surface area (TPSA) is 90.7 Å². The molecule has 2 aliphatic rings. The number of aromatic nitrogens is 1. The van der Waals surface area contributed by atoms with Gasteiger partial charge in [0.15, 0.2) is 6.10 Å². The van der Waals surface area contributed by atoms with Gasteiger partial charge in [-0.05, 0) is 18.4 Å². The molecule has 1 fully saturated rings. The number of amides is 1. The molecule has 24 heavy (non-hydrogen) atoms. The van der Waals surface area contributed by atoms with Crippen molar-refractivity contribution in [1.82, 2.24) is 9.88 Å². The lowest BCUT2D eigenvalue weighted by molar-refractivity contribution is -0.159. The van der Waals surface area contributed by atoms with E-state index in [1.54, 1.807) is 23.1 Å². The van der Waals surface area contributed by atoms with E-state index in [0.29, 0.717) is 11.5 Å². The average molecular weight is 387 g/mol. The molecule has 1 aromatic heterocycles. The molecule has 0 aliphatic carbocycles. The maximum atomic E-state index is 11.8. The van der Waals surface area contributed by atoms with E-state index < -0.39 is 23.4 Å². The summed E-state index contributed by atoms with van der Waals surface area (Å²) in [5, 5.41) is 19.8. The van der Waals surface area contributed by atoms with Crippen LogP contribution < -0.4 is 0 Å². The van der Waals surface area contributed by atoms with Crippen LogP contribution in [0.4, 0.5) is 0 Å². The van der Waals surface area contributed by atoms with E-state index in [4.69, 9.17) is 0 Å². The molecule has 9 heteroatoms. The van der Waals surface area contributed by atoms with Gasteiger partial charge in [0.05, 0.1) is 14.9 Å². The Morgan fingerprint density at radius 3 is 2.79 bits per heavy atom. The zero-order valence-electron chi connectivity index (χ0n) is 13.3. The normalized spacial score (nSPS) is 23.3. The molecular weight excluding hydrogens is 368 g/mol. The van der Waals surface area contributed by atoms with Gasteiger partial charge in [-0.25, -0.2) is 9.78 Å². The molecule has 1 amide bonds. The number of β-lactam (4-membered cyclic amide) rings is 1. The third-order valence-electron chi connectivity index (χ3n) is 3.94. The number of carboxylic acid groups (broad SMARTS) is 1. The fraction of sp³-hybridized carbons (Fsp3) is 0.533. The Kier molecular flexibility index (Phi) is 5.24. The van der Waals surface area contributed by atoms with Gasteiger partial charge in [-0.1, -0.05) is 13.8 Å². The minimum atomic E-state index is -1.11. The van der Waals surface area contributed by atoms with Crippen LogP contribution in [0.2, 0.25) is 0 Å². The molecule has 0 unspecified atom stereocenters. The largest absolute Gasteiger partial charge is 0.477 e. The van der Waals surface area contributed by atoms with Crippen molar-refractivity contribution in [3.63, 3.8) is 0 Å². The van der Waals surface area contributed by atoms with Gasteiger partial charge in [-0.2, -0.15) is 0 Å². The molecule has 3 rings (SSSR count). The third-order valence-corrected chi connectivity index (χ3v) is 7.90. The van der Waals surface area contributed by atoms with Crippen molar-refractivity contribution >= 4 is 46.7 Å². The number of carbonyl (C=O) groups is 2. The average Bonchev–Trinajstić information content (AvgIpc) is 3.00. The van der Waals surface area contributed by atoms with Gasteiger partial charge < -0.3 is 10.2 Å². The number of carbonyl (C=O) groups excluding carboxylic acids is 1. The van der Waals surface area contributed by atoms with Crippen molar-refractivity contribution in [2.45, 2.75) is 42.4 Å². The van der Waals surface area contributed by atoms with Gasteiger partial charge in [-0.15, -0.1) is 34.9 Å². The first-order valence-corrected chi connectivity index (χ1v) is 10.5. The number of rotatable bonds is 6. The summed E-state index contributed by atoms with van der Waals surface area (Å²) in [6.07, 6.45) is 0.648. The molecule has 2 aliphatic heterocycles. The molecular formula is C15H18N2O4S3. The van der Waals surface area contributed by atoms with Gasteiger partial charge in [-0.3, -0.25) is 9.69 Å². The lowest BCUT2D eigenvalue weighted by Gasteiger charge is -2.47. The molecule has 6 nitrogen and oxygen atoms in total. The van der Waals surface area contributed by atoms with Crippen molar-refractivity contribution in [2.24, 2.45) is 0 Å². The van der Waals surface area contributed by atoms with Crippen LogP contribution in [0.1, 0.15) is 24.5 Å². The summed E-state index contributed by atoms with van der Waals surface area (Å²) in [6, 6.07) is 0. The number of aliphatic hydroxyl groups is 1. The highest BCUT2D eigenvalue weighted by Gasteiger charge is 2.52. The predicted molar refractivity (Wildman–Crippen MR) is 95.4 cm³/mol. The van der Waals surface area contributed by atoms with Crippen molar-refractivity contribution in [3.05, 3.63) is 22.0 Å². The third kappa shape index (κ3) is 2.98. The molecule has 0 aromatic carbocycles. The maximum Gasteiger partial charge on any atom is 0.352 e. The Morgan fingerprint density at radius 2 is 2.17 bits per heavy atom. The summed E-state index contributed by atoms with van der Waals surface area (Å²) in [6.45, 7) is 4.12.